The molecule has 0 saturated carbocycles. The third-order valence-corrected chi connectivity index (χ3v) is 3.61. The summed E-state index contributed by atoms with van der Waals surface area (Å²) in [7, 11) is -3.64. The molecule has 7 nitrogen and oxygen atoms in total. The first kappa shape index (κ1) is 11.4. The predicted molar refractivity (Wildman–Crippen MR) is 62.8 cm³/mol. The number of nitrogens with two attached hydrogens (primary N) is 1. The Morgan fingerprint density at radius 2 is 2.12 bits per heavy atom. The molecule has 0 aliphatic rings. The zero-order chi connectivity index (χ0) is 12.5. The zero-order valence-corrected chi connectivity index (χ0v) is 9.82. The van der Waals surface area contributed by atoms with Crippen molar-refractivity contribution in [2.45, 2.75) is 11.8 Å². The van der Waals surface area contributed by atoms with Crippen LogP contribution in [0.25, 0.3) is 0 Å². The summed E-state index contributed by atoms with van der Waals surface area (Å²) in [6.07, 6.45) is 2.60. The fourth-order valence-corrected chi connectivity index (χ4v) is 2.47. The van der Waals surface area contributed by atoms with Crippen LogP contribution >= 0.6 is 0 Å². The van der Waals surface area contributed by atoms with E-state index < -0.39 is 10.0 Å². The van der Waals surface area contributed by atoms with Crippen molar-refractivity contribution in [3.05, 3.63) is 30.2 Å². The number of nitrogens with one attached hydrogen (secondary N) is 2. The van der Waals surface area contributed by atoms with Gasteiger partial charge in [0.05, 0.1) is 23.8 Å². The molecule has 90 valence electrons. The molecular formula is C9H11N5O2S. The van der Waals surface area contributed by atoms with Crippen LogP contribution in [0.2, 0.25) is 0 Å². The van der Waals surface area contributed by atoms with Crippen molar-refractivity contribution in [2.75, 3.05) is 10.5 Å². The molecule has 0 unspecified atom stereocenters. The molecule has 0 atom stereocenters. The van der Waals surface area contributed by atoms with Crippen LogP contribution in [0.15, 0.2) is 29.4 Å². The smallest absolute Gasteiger partial charge is 0.265 e. The van der Waals surface area contributed by atoms with Gasteiger partial charge in [-0.15, -0.1) is 0 Å². The molecule has 0 saturated heterocycles. The van der Waals surface area contributed by atoms with Gasteiger partial charge in [-0.05, 0) is 19.1 Å². The average molecular weight is 253 g/mol. The second-order valence-corrected chi connectivity index (χ2v) is 5.09. The van der Waals surface area contributed by atoms with Crippen molar-refractivity contribution in [1.82, 2.24) is 15.2 Å². The SMILES string of the molecule is Cc1[nH]ncc1S(=O)(=O)Nc1ccc(N)nc1. The fourth-order valence-electron chi connectivity index (χ4n) is 1.29. The minimum atomic E-state index is -3.64. The molecule has 2 rings (SSSR count). The number of hydrogen-bond donors (Lipinski definition) is 3. The Morgan fingerprint density at radius 3 is 2.65 bits per heavy atom. The van der Waals surface area contributed by atoms with Crippen molar-refractivity contribution in [2.24, 2.45) is 0 Å². The highest BCUT2D eigenvalue weighted by atomic mass is 32.2. The summed E-state index contributed by atoms with van der Waals surface area (Å²) in [5, 5.41) is 6.23. The molecule has 0 amide bonds. The highest BCUT2D eigenvalue weighted by molar-refractivity contribution is 7.92. The molecule has 2 aromatic rings. The van der Waals surface area contributed by atoms with E-state index in [4.69, 9.17) is 5.73 Å². The standard InChI is InChI=1S/C9H11N5O2S/c1-6-8(5-12-13-6)17(15,16)14-7-2-3-9(10)11-4-7/h2-5,14H,1H3,(H2,10,11)(H,12,13). The fraction of sp³-hybridized carbons (Fsp3) is 0.111. The van der Waals surface area contributed by atoms with Crippen molar-refractivity contribution in [3.63, 3.8) is 0 Å². The van der Waals surface area contributed by atoms with E-state index in [1.54, 1.807) is 6.92 Å². The number of aromatic nitrogens is 3. The number of rotatable bonds is 3. The Kier molecular flexibility index (Phi) is 2.72. The molecular weight excluding hydrogens is 242 g/mol. The Morgan fingerprint density at radius 1 is 1.35 bits per heavy atom. The van der Waals surface area contributed by atoms with E-state index in [9.17, 15) is 8.42 Å². The lowest BCUT2D eigenvalue weighted by atomic mass is 10.4. The van der Waals surface area contributed by atoms with E-state index in [1.807, 2.05) is 0 Å². The molecule has 4 N–H and O–H groups in total. The Labute approximate surface area is 98.1 Å². The molecule has 0 aromatic carbocycles. The maximum Gasteiger partial charge on any atom is 0.265 e. The topological polar surface area (TPSA) is 114 Å². The summed E-state index contributed by atoms with van der Waals surface area (Å²) in [6, 6.07) is 3.05. The van der Waals surface area contributed by atoms with E-state index in [1.165, 1.54) is 24.5 Å². The maximum absolute atomic E-state index is 11.9. The van der Waals surface area contributed by atoms with Gasteiger partial charge in [-0.2, -0.15) is 5.10 Å². The number of sulfonamides is 1. The monoisotopic (exact) mass is 253 g/mol. The van der Waals surface area contributed by atoms with Crippen molar-refractivity contribution in [1.29, 1.82) is 0 Å². The van der Waals surface area contributed by atoms with Gasteiger partial charge < -0.3 is 5.73 Å². The van der Waals surface area contributed by atoms with Gasteiger partial charge in [-0.1, -0.05) is 0 Å². The molecule has 2 heterocycles. The van der Waals surface area contributed by atoms with Crippen LogP contribution < -0.4 is 10.5 Å². The van der Waals surface area contributed by atoms with Gasteiger partial charge in [0, 0.05) is 0 Å². The minimum Gasteiger partial charge on any atom is -0.384 e. The number of H-pyrrole nitrogens is 1. The summed E-state index contributed by atoms with van der Waals surface area (Å²) < 4.78 is 26.3. The maximum atomic E-state index is 11.9. The highest BCUT2D eigenvalue weighted by Crippen LogP contribution is 2.17. The number of pyridine rings is 1. The van der Waals surface area contributed by atoms with Gasteiger partial charge in [0.1, 0.15) is 10.7 Å². The van der Waals surface area contributed by atoms with E-state index >= 15 is 0 Å². The lowest BCUT2D eigenvalue weighted by Gasteiger charge is -2.06. The van der Waals surface area contributed by atoms with Crippen LogP contribution in [-0.2, 0) is 10.0 Å². The highest BCUT2D eigenvalue weighted by Gasteiger charge is 2.18. The van der Waals surface area contributed by atoms with Gasteiger partial charge in [-0.25, -0.2) is 13.4 Å². The molecule has 0 aliphatic heterocycles. The van der Waals surface area contributed by atoms with E-state index in [-0.39, 0.29) is 4.90 Å². The van der Waals surface area contributed by atoms with Gasteiger partial charge in [0.25, 0.3) is 10.0 Å². The Hall–Kier alpha value is -2.09. The lowest BCUT2D eigenvalue weighted by molar-refractivity contribution is 0.600. The summed E-state index contributed by atoms with van der Waals surface area (Å²) in [6.45, 7) is 1.63. The molecule has 17 heavy (non-hydrogen) atoms. The summed E-state index contributed by atoms with van der Waals surface area (Å²) in [5.74, 6) is 0.326. The first-order valence-corrected chi connectivity index (χ1v) is 6.22. The lowest BCUT2D eigenvalue weighted by Crippen LogP contribution is -2.13. The number of nitrogen functional groups attached to an aromatic ring is 1. The Balaban J connectivity index is 2.30. The third-order valence-electron chi connectivity index (χ3n) is 2.11. The van der Waals surface area contributed by atoms with Crippen LogP contribution in [0.1, 0.15) is 5.69 Å². The number of aromatic amines is 1. The third kappa shape index (κ3) is 2.36. The largest absolute Gasteiger partial charge is 0.384 e. The van der Waals surface area contributed by atoms with Crippen molar-refractivity contribution in [3.8, 4) is 0 Å². The van der Waals surface area contributed by atoms with Crippen LogP contribution in [0.5, 0.6) is 0 Å². The van der Waals surface area contributed by atoms with Crippen LogP contribution in [0.3, 0.4) is 0 Å². The predicted octanol–water partition coefficient (Wildman–Crippen LogP) is 0.496. The Bertz CT molecular complexity index is 617. The second-order valence-electron chi connectivity index (χ2n) is 3.44. The molecule has 0 fully saturated rings. The number of hydrogen-bond acceptors (Lipinski definition) is 5. The molecule has 0 bridgehead atoms. The van der Waals surface area contributed by atoms with Gasteiger partial charge in [-0.3, -0.25) is 9.82 Å². The molecule has 0 aliphatic carbocycles. The zero-order valence-electron chi connectivity index (χ0n) is 9.01. The molecule has 0 radical (unpaired) electrons. The van der Waals surface area contributed by atoms with E-state index in [0.29, 0.717) is 17.2 Å². The van der Waals surface area contributed by atoms with Crippen LogP contribution in [0, 0.1) is 6.92 Å². The molecule has 0 spiro atoms. The minimum absolute atomic E-state index is 0.106. The summed E-state index contributed by atoms with van der Waals surface area (Å²) >= 11 is 0. The van der Waals surface area contributed by atoms with Gasteiger partial charge in [0.15, 0.2) is 0 Å². The first-order chi connectivity index (χ1) is 7.99. The summed E-state index contributed by atoms with van der Waals surface area (Å²) in [5.41, 5.74) is 6.23. The number of nitrogens with zero attached hydrogens (tertiary/aromatic N) is 2. The van der Waals surface area contributed by atoms with E-state index in [0.717, 1.165) is 0 Å². The second kappa shape index (κ2) is 4.06. The number of aryl methyl sites for hydroxylation is 1. The molecule has 8 heteroatoms. The van der Waals surface area contributed by atoms with Gasteiger partial charge >= 0.3 is 0 Å². The summed E-state index contributed by atoms with van der Waals surface area (Å²) in [4.78, 5) is 3.90. The van der Waals surface area contributed by atoms with Crippen molar-refractivity contribution < 1.29 is 8.42 Å². The molecule has 2 aromatic heterocycles. The normalized spacial score (nSPS) is 11.4. The first-order valence-electron chi connectivity index (χ1n) is 4.73. The van der Waals surface area contributed by atoms with Crippen LogP contribution in [-0.4, -0.2) is 23.6 Å². The quantitative estimate of drug-likeness (QED) is 0.736. The van der Waals surface area contributed by atoms with Gasteiger partial charge in [0.2, 0.25) is 0 Å². The average Bonchev–Trinajstić information content (AvgIpc) is 2.68. The number of anilines is 2. The van der Waals surface area contributed by atoms with Crippen LogP contribution in [0.4, 0.5) is 11.5 Å². The van der Waals surface area contributed by atoms with Crippen molar-refractivity contribution >= 4 is 21.5 Å². The van der Waals surface area contributed by atoms with E-state index in [2.05, 4.69) is 19.9 Å².